The lowest BCUT2D eigenvalue weighted by molar-refractivity contribution is -0.191. The lowest BCUT2D eigenvalue weighted by Crippen LogP contribution is -2.64. The molecule has 0 radical (unpaired) electrons. The van der Waals surface area contributed by atoms with E-state index in [1.807, 2.05) is 30.3 Å². The number of ether oxygens (including phenoxy) is 1. The van der Waals surface area contributed by atoms with Gasteiger partial charge in [-0.1, -0.05) is 75.8 Å². The summed E-state index contributed by atoms with van der Waals surface area (Å²) in [5, 5.41) is 16.4. The predicted octanol–water partition coefficient (Wildman–Crippen LogP) is 3.03. The van der Waals surface area contributed by atoms with Crippen molar-refractivity contribution in [3.63, 3.8) is 0 Å². The number of hydrogen-bond donors (Lipinski definition) is 3. The zero-order chi connectivity index (χ0) is 18.0. The molecule has 140 valence electrons. The van der Waals surface area contributed by atoms with Crippen LogP contribution < -0.4 is 10.6 Å². The van der Waals surface area contributed by atoms with Crippen LogP contribution >= 0.6 is 0 Å². The molecule has 0 spiro atoms. The molecular weight excluding hydrogens is 316 g/mol. The van der Waals surface area contributed by atoms with Gasteiger partial charge >= 0.3 is 0 Å². The van der Waals surface area contributed by atoms with Crippen LogP contribution in [-0.2, 0) is 15.3 Å². The predicted molar refractivity (Wildman–Crippen MR) is 98.8 cm³/mol. The number of amides is 1. The number of rotatable bonds is 10. The van der Waals surface area contributed by atoms with Crippen LogP contribution in [0.2, 0.25) is 0 Å². The van der Waals surface area contributed by atoms with Gasteiger partial charge in [0.2, 0.25) is 11.6 Å². The number of morpholine rings is 1. The van der Waals surface area contributed by atoms with Gasteiger partial charge in [-0.05, 0) is 6.42 Å². The Hall–Kier alpha value is -1.43. The second-order valence-corrected chi connectivity index (χ2v) is 6.73. The van der Waals surface area contributed by atoms with E-state index in [2.05, 4.69) is 17.6 Å². The van der Waals surface area contributed by atoms with Crippen molar-refractivity contribution in [3.05, 3.63) is 35.9 Å². The van der Waals surface area contributed by atoms with Crippen LogP contribution in [0.1, 0.15) is 63.9 Å². The Labute approximate surface area is 151 Å². The van der Waals surface area contributed by atoms with Crippen molar-refractivity contribution in [2.24, 2.45) is 0 Å². The van der Waals surface area contributed by atoms with Gasteiger partial charge in [-0.25, -0.2) is 0 Å². The van der Waals surface area contributed by atoms with Crippen LogP contribution in [0.4, 0.5) is 0 Å². The molecule has 3 N–H and O–H groups in total. The van der Waals surface area contributed by atoms with Gasteiger partial charge in [0.15, 0.2) is 6.23 Å². The Morgan fingerprint density at radius 3 is 2.56 bits per heavy atom. The third kappa shape index (κ3) is 5.80. The summed E-state index contributed by atoms with van der Waals surface area (Å²) < 4.78 is 5.86. The standard InChI is InChI=1S/C20H32N2O3/c1-2-3-4-5-6-7-11-14-18(23)22-20(17-12-9-8-10-13-17)19(24)21-15-16-25-20/h8-10,12-13,19,21,24H,2-7,11,14-16H2,1H3,(H,22,23). The monoisotopic (exact) mass is 348 g/mol. The molecule has 1 aliphatic rings. The molecular formula is C20H32N2O3. The summed E-state index contributed by atoms with van der Waals surface area (Å²) in [5.74, 6) is -0.0832. The number of aliphatic hydroxyl groups is 1. The summed E-state index contributed by atoms with van der Waals surface area (Å²) in [5.41, 5.74) is -0.458. The highest BCUT2D eigenvalue weighted by atomic mass is 16.5. The molecule has 0 saturated carbocycles. The molecule has 2 atom stereocenters. The number of aliphatic hydroxyl groups excluding tert-OH is 1. The Bertz CT molecular complexity index is 509. The lowest BCUT2D eigenvalue weighted by Gasteiger charge is -2.42. The molecule has 0 bridgehead atoms. The van der Waals surface area contributed by atoms with E-state index in [9.17, 15) is 9.90 Å². The van der Waals surface area contributed by atoms with Crippen molar-refractivity contribution >= 4 is 5.91 Å². The van der Waals surface area contributed by atoms with Gasteiger partial charge in [-0.15, -0.1) is 0 Å². The quantitative estimate of drug-likeness (QED) is 0.569. The summed E-state index contributed by atoms with van der Waals surface area (Å²) >= 11 is 0. The van der Waals surface area contributed by atoms with Gasteiger partial charge in [0.25, 0.3) is 0 Å². The number of carbonyl (C=O) groups is 1. The highest BCUT2D eigenvalue weighted by Crippen LogP contribution is 2.28. The third-order valence-electron chi connectivity index (χ3n) is 4.69. The minimum absolute atomic E-state index is 0.0832. The fourth-order valence-electron chi connectivity index (χ4n) is 3.25. The second kappa shape index (κ2) is 10.5. The summed E-state index contributed by atoms with van der Waals surface area (Å²) in [6, 6.07) is 9.39. The van der Waals surface area contributed by atoms with Crippen molar-refractivity contribution in [1.82, 2.24) is 10.6 Å². The number of nitrogens with one attached hydrogen (secondary N) is 2. The van der Waals surface area contributed by atoms with Crippen molar-refractivity contribution in [2.75, 3.05) is 13.2 Å². The van der Waals surface area contributed by atoms with E-state index < -0.39 is 12.0 Å². The van der Waals surface area contributed by atoms with Crippen LogP contribution in [0, 0.1) is 0 Å². The van der Waals surface area contributed by atoms with E-state index in [1.54, 1.807) is 0 Å². The van der Waals surface area contributed by atoms with Gasteiger partial charge < -0.3 is 15.2 Å². The molecule has 1 aromatic rings. The Morgan fingerprint density at radius 1 is 1.20 bits per heavy atom. The maximum Gasteiger partial charge on any atom is 0.222 e. The Balaban J connectivity index is 1.86. The molecule has 1 aliphatic heterocycles. The van der Waals surface area contributed by atoms with E-state index in [-0.39, 0.29) is 5.91 Å². The molecule has 0 aliphatic carbocycles. The summed E-state index contributed by atoms with van der Waals surface area (Å²) in [4.78, 5) is 12.4. The number of unbranched alkanes of at least 4 members (excludes halogenated alkanes) is 6. The van der Waals surface area contributed by atoms with E-state index in [0.717, 1.165) is 18.4 Å². The molecule has 1 aromatic carbocycles. The van der Waals surface area contributed by atoms with Gasteiger partial charge in [0.1, 0.15) is 0 Å². The first kappa shape index (κ1) is 19.9. The minimum atomic E-state index is -1.21. The maximum absolute atomic E-state index is 12.4. The highest BCUT2D eigenvalue weighted by molar-refractivity contribution is 5.77. The Kier molecular flexibility index (Phi) is 8.38. The van der Waals surface area contributed by atoms with Gasteiger partial charge in [-0.3, -0.25) is 10.1 Å². The molecule has 2 rings (SSSR count). The number of benzene rings is 1. The maximum atomic E-state index is 12.4. The van der Waals surface area contributed by atoms with Crippen LogP contribution in [0.3, 0.4) is 0 Å². The van der Waals surface area contributed by atoms with Gasteiger partial charge in [0, 0.05) is 18.5 Å². The normalized spacial score (nSPS) is 23.4. The lowest BCUT2D eigenvalue weighted by atomic mass is 9.98. The smallest absolute Gasteiger partial charge is 0.222 e. The first-order valence-corrected chi connectivity index (χ1v) is 9.61. The first-order valence-electron chi connectivity index (χ1n) is 9.61. The van der Waals surface area contributed by atoms with E-state index in [0.29, 0.717) is 19.6 Å². The molecule has 1 fully saturated rings. The summed E-state index contributed by atoms with van der Waals surface area (Å²) in [6.07, 6.45) is 7.67. The minimum Gasteiger partial charge on any atom is -0.373 e. The fourth-order valence-corrected chi connectivity index (χ4v) is 3.25. The first-order chi connectivity index (χ1) is 12.2. The molecule has 2 unspecified atom stereocenters. The van der Waals surface area contributed by atoms with Crippen molar-refractivity contribution < 1.29 is 14.6 Å². The van der Waals surface area contributed by atoms with Crippen LogP contribution in [-0.4, -0.2) is 30.4 Å². The van der Waals surface area contributed by atoms with E-state index in [1.165, 1.54) is 32.1 Å². The van der Waals surface area contributed by atoms with Crippen molar-refractivity contribution in [1.29, 1.82) is 0 Å². The summed E-state index contributed by atoms with van der Waals surface area (Å²) in [6.45, 7) is 3.20. The van der Waals surface area contributed by atoms with E-state index >= 15 is 0 Å². The van der Waals surface area contributed by atoms with Crippen LogP contribution in [0.5, 0.6) is 0 Å². The van der Waals surface area contributed by atoms with Crippen molar-refractivity contribution in [3.8, 4) is 0 Å². The molecule has 0 aromatic heterocycles. The number of hydrogen-bond acceptors (Lipinski definition) is 4. The Morgan fingerprint density at radius 2 is 1.88 bits per heavy atom. The van der Waals surface area contributed by atoms with Crippen LogP contribution in [0.15, 0.2) is 30.3 Å². The molecule has 5 nitrogen and oxygen atoms in total. The molecule has 1 heterocycles. The fraction of sp³-hybridized carbons (Fsp3) is 0.650. The average molecular weight is 348 g/mol. The van der Waals surface area contributed by atoms with Gasteiger partial charge in [0.05, 0.1) is 6.61 Å². The van der Waals surface area contributed by atoms with E-state index in [4.69, 9.17) is 4.74 Å². The molecule has 25 heavy (non-hydrogen) atoms. The van der Waals surface area contributed by atoms with Crippen LogP contribution in [0.25, 0.3) is 0 Å². The topological polar surface area (TPSA) is 70.6 Å². The largest absolute Gasteiger partial charge is 0.373 e. The SMILES string of the molecule is CCCCCCCCCC(=O)NC1(c2ccccc2)OCCNC1O. The average Bonchev–Trinajstić information content (AvgIpc) is 2.64. The zero-order valence-electron chi connectivity index (χ0n) is 15.3. The highest BCUT2D eigenvalue weighted by Gasteiger charge is 2.44. The van der Waals surface area contributed by atoms with Gasteiger partial charge in [-0.2, -0.15) is 0 Å². The summed E-state index contributed by atoms with van der Waals surface area (Å²) in [7, 11) is 0. The molecule has 1 saturated heterocycles. The molecule has 5 heteroatoms. The molecule has 1 amide bonds. The van der Waals surface area contributed by atoms with Crippen molar-refractivity contribution in [2.45, 2.75) is 70.2 Å². The second-order valence-electron chi connectivity index (χ2n) is 6.73. The number of carbonyl (C=O) groups excluding carboxylic acids is 1. The zero-order valence-corrected chi connectivity index (χ0v) is 15.3. The third-order valence-corrected chi connectivity index (χ3v) is 4.69.